The number of hydrogen-bond donors (Lipinski definition) is 1. The molecule has 19 heavy (non-hydrogen) atoms. The topological polar surface area (TPSA) is 38.0 Å². The van der Waals surface area contributed by atoms with Crippen molar-refractivity contribution in [1.29, 1.82) is 0 Å². The van der Waals surface area contributed by atoms with E-state index in [1.807, 2.05) is 23.7 Å². The van der Waals surface area contributed by atoms with E-state index in [0.29, 0.717) is 21.4 Å². The maximum atomic E-state index is 9.95. The molecule has 0 saturated heterocycles. The molecular formula is C14H10Cl2N2O. The molecule has 0 fully saturated rings. The van der Waals surface area contributed by atoms with E-state index in [2.05, 4.69) is 4.98 Å². The summed E-state index contributed by atoms with van der Waals surface area (Å²) in [7, 11) is 1.88. The maximum absolute atomic E-state index is 9.95. The highest BCUT2D eigenvalue weighted by Crippen LogP contribution is 2.33. The van der Waals surface area contributed by atoms with E-state index < -0.39 is 0 Å². The van der Waals surface area contributed by atoms with Gasteiger partial charge in [0.2, 0.25) is 0 Å². The molecule has 0 radical (unpaired) electrons. The van der Waals surface area contributed by atoms with Gasteiger partial charge in [0.05, 0.1) is 16.6 Å². The van der Waals surface area contributed by atoms with Gasteiger partial charge in [-0.1, -0.05) is 23.2 Å². The first-order valence-corrected chi connectivity index (χ1v) is 6.43. The fourth-order valence-electron chi connectivity index (χ4n) is 2.09. The Labute approximate surface area is 120 Å². The van der Waals surface area contributed by atoms with Crippen molar-refractivity contribution in [3.63, 3.8) is 0 Å². The maximum Gasteiger partial charge on any atom is 0.144 e. The van der Waals surface area contributed by atoms with Gasteiger partial charge in [-0.05, 0) is 36.4 Å². The first-order valence-electron chi connectivity index (χ1n) is 5.67. The average molecular weight is 293 g/mol. The first kappa shape index (κ1) is 12.3. The Morgan fingerprint density at radius 3 is 2.53 bits per heavy atom. The Kier molecular flexibility index (Phi) is 2.88. The summed E-state index contributed by atoms with van der Waals surface area (Å²) in [6.07, 6.45) is 0. The zero-order valence-corrected chi connectivity index (χ0v) is 11.6. The smallest absolute Gasteiger partial charge is 0.144 e. The third-order valence-electron chi connectivity index (χ3n) is 3.04. The number of rotatable bonds is 1. The molecule has 1 heterocycles. The summed E-state index contributed by atoms with van der Waals surface area (Å²) < 4.78 is 1.88. The molecule has 0 unspecified atom stereocenters. The van der Waals surface area contributed by atoms with Gasteiger partial charge >= 0.3 is 0 Å². The first-order chi connectivity index (χ1) is 9.06. The summed E-state index contributed by atoms with van der Waals surface area (Å²) in [5, 5.41) is 11.2. The second-order valence-corrected chi connectivity index (χ2v) is 5.16. The predicted octanol–water partition coefficient (Wildman–Crippen LogP) is 4.25. The number of halogens is 2. The van der Waals surface area contributed by atoms with Crippen molar-refractivity contribution in [2.75, 3.05) is 0 Å². The van der Waals surface area contributed by atoms with E-state index in [0.717, 1.165) is 11.0 Å². The minimum absolute atomic E-state index is 0.147. The summed E-state index contributed by atoms with van der Waals surface area (Å²) in [4.78, 5) is 4.51. The summed E-state index contributed by atoms with van der Waals surface area (Å²) in [5.74, 6) is 0.797. The van der Waals surface area contributed by atoms with Gasteiger partial charge < -0.3 is 9.67 Å². The fraction of sp³-hybridized carbons (Fsp3) is 0.0714. The van der Waals surface area contributed by atoms with Gasteiger partial charge in [-0.2, -0.15) is 0 Å². The number of phenolic OH excluding ortho intramolecular Hbond substituents is 1. The van der Waals surface area contributed by atoms with Crippen LogP contribution >= 0.6 is 23.2 Å². The zero-order chi connectivity index (χ0) is 13.6. The number of hydrogen-bond acceptors (Lipinski definition) is 2. The highest BCUT2D eigenvalue weighted by Gasteiger charge is 2.13. The molecule has 5 heteroatoms. The molecule has 96 valence electrons. The lowest BCUT2D eigenvalue weighted by Crippen LogP contribution is -1.92. The van der Waals surface area contributed by atoms with E-state index >= 15 is 0 Å². The van der Waals surface area contributed by atoms with Crippen molar-refractivity contribution >= 4 is 34.2 Å². The average Bonchev–Trinajstić information content (AvgIpc) is 2.70. The van der Waals surface area contributed by atoms with Gasteiger partial charge in [0, 0.05) is 17.1 Å². The second kappa shape index (κ2) is 4.44. The molecule has 0 amide bonds. The Morgan fingerprint density at radius 1 is 1.05 bits per heavy atom. The number of nitrogens with zero attached hydrogens (tertiary/aromatic N) is 2. The third-order valence-corrected chi connectivity index (χ3v) is 3.51. The Balaban J connectivity index is 2.31. The van der Waals surface area contributed by atoms with Crippen molar-refractivity contribution < 1.29 is 5.11 Å². The van der Waals surface area contributed by atoms with Crippen molar-refractivity contribution in [3.05, 3.63) is 46.4 Å². The van der Waals surface area contributed by atoms with Crippen LogP contribution in [0.15, 0.2) is 36.4 Å². The quantitative estimate of drug-likeness (QED) is 0.728. The highest BCUT2D eigenvalue weighted by molar-refractivity contribution is 6.31. The molecular weight excluding hydrogens is 283 g/mol. The summed E-state index contributed by atoms with van der Waals surface area (Å²) >= 11 is 12.0. The number of benzene rings is 2. The van der Waals surface area contributed by atoms with Gasteiger partial charge in [0.1, 0.15) is 11.6 Å². The van der Waals surface area contributed by atoms with Crippen LogP contribution in [0.25, 0.3) is 22.4 Å². The van der Waals surface area contributed by atoms with Gasteiger partial charge in [-0.15, -0.1) is 0 Å². The van der Waals surface area contributed by atoms with Crippen LogP contribution in [0.2, 0.25) is 10.0 Å². The van der Waals surface area contributed by atoms with Crippen molar-refractivity contribution in [2.45, 2.75) is 0 Å². The van der Waals surface area contributed by atoms with Crippen LogP contribution in [0.4, 0.5) is 0 Å². The minimum atomic E-state index is 0.147. The number of phenols is 1. The van der Waals surface area contributed by atoms with Gasteiger partial charge in [0.25, 0.3) is 0 Å². The van der Waals surface area contributed by atoms with Crippen LogP contribution < -0.4 is 0 Å². The largest absolute Gasteiger partial charge is 0.507 e. The lowest BCUT2D eigenvalue weighted by molar-refractivity contribution is 0.476. The Morgan fingerprint density at radius 2 is 1.74 bits per heavy atom. The third kappa shape index (κ3) is 2.05. The van der Waals surface area contributed by atoms with E-state index in [9.17, 15) is 5.11 Å². The normalized spacial score (nSPS) is 11.1. The van der Waals surface area contributed by atoms with Crippen molar-refractivity contribution in [1.82, 2.24) is 9.55 Å². The fourth-order valence-corrected chi connectivity index (χ4v) is 2.43. The Bertz CT molecular complexity index is 780. The molecule has 2 aromatic carbocycles. The molecule has 1 aromatic heterocycles. The van der Waals surface area contributed by atoms with Crippen molar-refractivity contribution in [2.24, 2.45) is 7.05 Å². The van der Waals surface area contributed by atoms with Crippen LogP contribution in [0.5, 0.6) is 5.75 Å². The molecule has 0 aliphatic heterocycles. The van der Waals surface area contributed by atoms with Crippen LogP contribution in [0.1, 0.15) is 0 Å². The summed E-state index contributed by atoms with van der Waals surface area (Å²) in [6.45, 7) is 0. The number of aryl methyl sites for hydroxylation is 1. The number of aromatic nitrogens is 2. The standard InChI is InChI=1S/C14H10Cl2N2O/c1-18-12-7-9(16)2-4-11(12)17-14(18)10-6-8(15)3-5-13(10)19/h2-7,19H,1H3. The predicted molar refractivity (Wildman–Crippen MR) is 77.8 cm³/mol. The van der Waals surface area contributed by atoms with Crippen LogP contribution in [0.3, 0.4) is 0 Å². The van der Waals surface area contributed by atoms with Crippen molar-refractivity contribution in [3.8, 4) is 17.1 Å². The van der Waals surface area contributed by atoms with E-state index in [4.69, 9.17) is 23.2 Å². The van der Waals surface area contributed by atoms with Crippen LogP contribution in [-0.4, -0.2) is 14.7 Å². The molecule has 1 N–H and O–H groups in total. The molecule has 0 bridgehead atoms. The number of imidazole rings is 1. The second-order valence-electron chi connectivity index (χ2n) is 4.29. The monoisotopic (exact) mass is 292 g/mol. The highest BCUT2D eigenvalue weighted by atomic mass is 35.5. The molecule has 3 nitrogen and oxygen atoms in total. The van der Waals surface area contributed by atoms with Gasteiger partial charge in [0.15, 0.2) is 0 Å². The molecule has 0 aliphatic carbocycles. The number of aromatic hydroxyl groups is 1. The van der Waals surface area contributed by atoms with Gasteiger partial charge in [-0.25, -0.2) is 4.98 Å². The zero-order valence-electron chi connectivity index (χ0n) is 10.1. The summed E-state index contributed by atoms with van der Waals surface area (Å²) in [6, 6.07) is 10.4. The molecule has 0 atom stereocenters. The van der Waals surface area contributed by atoms with E-state index in [1.165, 1.54) is 0 Å². The lowest BCUT2D eigenvalue weighted by atomic mass is 10.2. The molecule has 0 aliphatic rings. The summed E-state index contributed by atoms with van der Waals surface area (Å²) in [5.41, 5.74) is 2.32. The molecule has 3 aromatic rings. The molecule has 3 rings (SSSR count). The van der Waals surface area contributed by atoms with Crippen LogP contribution in [-0.2, 0) is 7.05 Å². The molecule has 0 saturated carbocycles. The lowest BCUT2D eigenvalue weighted by Gasteiger charge is -2.05. The SMILES string of the molecule is Cn1c(-c2cc(Cl)ccc2O)nc2ccc(Cl)cc21. The Hall–Kier alpha value is -1.71. The van der Waals surface area contributed by atoms with Crippen LogP contribution in [0, 0.1) is 0 Å². The van der Waals surface area contributed by atoms with E-state index in [-0.39, 0.29) is 5.75 Å². The molecule has 0 spiro atoms. The van der Waals surface area contributed by atoms with Gasteiger partial charge in [-0.3, -0.25) is 0 Å². The minimum Gasteiger partial charge on any atom is -0.507 e. The number of fused-ring (bicyclic) bond motifs is 1. The van der Waals surface area contributed by atoms with E-state index in [1.54, 1.807) is 24.3 Å².